The lowest BCUT2D eigenvalue weighted by Crippen LogP contribution is -2.30. The largest absolute Gasteiger partial charge is 0.507 e. The molecule has 0 aromatic heterocycles. The number of ether oxygens (including phenoxy) is 2. The first-order chi connectivity index (χ1) is 13.9. The molecule has 0 saturated carbocycles. The fraction of sp³-hybridized carbons (Fsp3) is 0.304. The zero-order valence-corrected chi connectivity index (χ0v) is 17.1. The molecule has 6 nitrogen and oxygen atoms in total. The Labute approximate surface area is 170 Å². The van der Waals surface area contributed by atoms with E-state index in [4.69, 9.17) is 9.47 Å². The maximum absolute atomic E-state index is 13.0. The van der Waals surface area contributed by atoms with Crippen molar-refractivity contribution in [1.82, 2.24) is 4.90 Å². The molecule has 1 saturated heterocycles. The van der Waals surface area contributed by atoms with Crippen LogP contribution in [0.1, 0.15) is 36.1 Å². The van der Waals surface area contributed by atoms with E-state index in [1.807, 2.05) is 32.0 Å². The molecule has 1 atom stereocenters. The molecule has 1 unspecified atom stereocenters. The number of hydrogen-bond acceptors (Lipinski definition) is 5. The van der Waals surface area contributed by atoms with Gasteiger partial charge in [0.05, 0.1) is 31.4 Å². The standard InChI is InChI=1S/C23H25NO5/c1-5-12-24-20(15-8-6-7-9-17(15)28-3)19(22(26)23(24)27)21(25)16-13-14(2)10-11-18(16)29-4/h6-11,13,20,25H,5,12H2,1-4H3/b21-19+. The number of aliphatic hydroxyl groups excluding tert-OH is 1. The summed E-state index contributed by atoms with van der Waals surface area (Å²) in [4.78, 5) is 27.3. The Kier molecular flexibility index (Phi) is 5.92. The minimum atomic E-state index is -0.740. The number of likely N-dealkylation sites (tertiary alicyclic amines) is 1. The molecule has 1 aliphatic rings. The number of benzene rings is 2. The molecule has 1 amide bonds. The molecule has 1 aliphatic heterocycles. The Morgan fingerprint density at radius 1 is 1.07 bits per heavy atom. The number of hydrogen-bond donors (Lipinski definition) is 1. The van der Waals surface area contributed by atoms with Gasteiger partial charge in [-0.1, -0.05) is 36.8 Å². The van der Waals surface area contributed by atoms with Crippen LogP contribution in [0.4, 0.5) is 0 Å². The third-order valence-corrected chi connectivity index (χ3v) is 5.05. The summed E-state index contributed by atoms with van der Waals surface area (Å²) in [5.74, 6) is -0.624. The lowest BCUT2D eigenvalue weighted by molar-refractivity contribution is -0.139. The molecule has 0 spiro atoms. The predicted molar refractivity (Wildman–Crippen MR) is 110 cm³/mol. The van der Waals surface area contributed by atoms with Crippen LogP contribution < -0.4 is 9.47 Å². The third-order valence-electron chi connectivity index (χ3n) is 5.05. The van der Waals surface area contributed by atoms with Gasteiger partial charge in [-0.15, -0.1) is 0 Å². The third kappa shape index (κ3) is 3.58. The molecular weight excluding hydrogens is 370 g/mol. The Morgan fingerprint density at radius 3 is 2.41 bits per heavy atom. The molecule has 3 rings (SSSR count). The second-order valence-electron chi connectivity index (χ2n) is 6.94. The molecular formula is C23H25NO5. The van der Waals surface area contributed by atoms with E-state index in [1.165, 1.54) is 19.1 Å². The van der Waals surface area contributed by atoms with Gasteiger partial charge in [-0.3, -0.25) is 9.59 Å². The van der Waals surface area contributed by atoms with Gasteiger partial charge in [0.2, 0.25) is 0 Å². The maximum atomic E-state index is 13.0. The molecule has 1 fully saturated rings. The van der Waals surface area contributed by atoms with Crippen molar-refractivity contribution in [2.75, 3.05) is 20.8 Å². The molecule has 6 heteroatoms. The smallest absolute Gasteiger partial charge is 0.295 e. The number of carbonyl (C=O) groups excluding carboxylic acids is 2. The van der Waals surface area contributed by atoms with Crippen molar-refractivity contribution in [2.24, 2.45) is 0 Å². The highest BCUT2D eigenvalue weighted by Gasteiger charge is 2.46. The number of nitrogens with zero attached hydrogens (tertiary/aromatic N) is 1. The zero-order valence-electron chi connectivity index (χ0n) is 17.1. The summed E-state index contributed by atoms with van der Waals surface area (Å²) < 4.78 is 10.8. The van der Waals surface area contributed by atoms with Gasteiger partial charge in [0.15, 0.2) is 0 Å². The van der Waals surface area contributed by atoms with E-state index in [2.05, 4.69) is 0 Å². The van der Waals surface area contributed by atoms with Crippen LogP contribution in [-0.2, 0) is 9.59 Å². The normalized spacial score (nSPS) is 18.2. The van der Waals surface area contributed by atoms with Crippen molar-refractivity contribution in [3.63, 3.8) is 0 Å². The fourth-order valence-corrected chi connectivity index (χ4v) is 3.72. The minimum absolute atomic E-state index is 0.0388. The number of aliphatic hydroxyl groups is 1. The Morgan fingerprint density at radius 2 is 1.76 bits per heavy atom. The molecule has 152 valence electrons. The second kappa shape index (κ2) is 8.39. The van der Waals surface area contributed by atoms with Gasteiger partial charge in [-0.2, -0.15) is 0 Å². The molecule has 2 aromatic carbocycles. The van der Waals surface area contributed by atoms with Crippen LogP contribution in [-0.4, -0.2) is 42.5 Å². The van der Waals surface area contributed by atoms with Gasteiger partial charge in [-0.25, -0.2) is 0 Å². The Hall–Kier alpha value is -3.28. The van der Waals surface area contributed by atoms with Crippen molar-refractivity contribution >= 4 is 17.4 Å². The number of amides is 1. The van der Waals surface area contributed by atoms with Gasteiger partial charge in [0.1, 0.15) is 17.3 Å². The topological polar surface area (TPSA) is 76.1 Å². The molecule has 0 aliphatic carbocycles. The first kappa shape index (κ1) is 20.5. The first-order valence-corrected chi connectivity index (χ1v) is 9.50. The lowest BCUT2D eigenvalue weighted by atomic mass is 9.94. The summed E-state index contributed by atoms with van der Waals surface area (Å²) in [6.07, 6.45) is 0.673. The number of Topliss-reactive ketones (excluding diaryl/α,β-unsaturated/α-hetero) is 1. The Bertz CT molecular complexity index is 979. The van der Waals surface area contributed by atoms with Crippen LogP contribution >= 0.6 is 0 Å². The van der Waals surface area contributed by atoms with Crippen molar-refractivity contribution in [3.05, 3.63) is 64.7 Å². The Balaban J connectivity index is 2.29. The predicted octanol–water partition coefficient (Wildman–Crippen LogP) is 3.84. The molecule has 1 heterocycles. The van der Waals surface area contributed by atoms with E-state index >= 15 is 0 Å². The number of methoxy groups -OCH3 is 2. The summed E-state index contributed by atoms with van der Waals surface area (Å²) in [6, 6.07) is 11.8. The van der Waals surface area contributed by atoms with Crippen LogP contribution in [0.15, 0.2) is 48.0 Å². The molecule has 29 heavy (non-hydrogen) atoms. The number of aryl methyl sites for hydroxylation is 1. The highest BCUT2D eigenvalue weighted by Crippen LogP contribution is 2.43. The van der Waals surface area contributed by atoms with E-state index in [-0.39, 0.29) is 11.3 Å². The van der Waals surface area contributed by atoms with Crippen LogP contribution in [0.5, 0.6) is 11.5 Å². The molecule has 2 aromatic rings. The summed E-state index contributed by atoms with van der Waals surface area (Å²) in [5, 5.41) is 11.2. The highest BCUT2D eigenvalue weighted by atomic mass is 16.5. The average Bonchev–Trinajstić information content (AvgIpc) is 2.98. The molecule has 0 radical (unpaired) electrons. The maximum Gasteiger partial charge on any atom is 0.295 e. The summed E-state index contributed by atoms with van der Waals surface area (Å²) in [5.41, 5.74) is 1.96. The van der Waals surface area contributed by atoms with Gasteiger partial charge in [-0.05, 0) is 31.5 Å². The number of para-hydroxylation sites is 1. The van der Waals surface area contributed by atoms with Crippen molar-refractivity contribution in [2.45, 2.75) is 26.3 Å². The van der Waals surface area contributed by atoms with Crippen LogP contribution in [0.3, 0.4) is 0 Å². The summed E-state index contributed by atoms with van der Waals surface area (Å²) in [7, 11) is 3.03. The lowest BCUT2D eigenvalue weighted by Gasteiger charge is -2.26. The molecule has 1 N–H and O–H groups in total. The van der Waals surface area contributed by atoms with Gasteiger partial charge < -0.3 is 19.5 Å². The zero-order chi connectivity index (χ0) is 21.1. The summed E-state index contributed by atoms with van der Waals surface area (Å²) in [6.45, 7) is 4.20. The number of ketones is 1. The average molecular weight is 395 g/mol. The van der Waals surface area contributed by atoms with Crippen molar-refractivity contribution in [3.8, 4) is 11.5 Å². The van der Waals surface area contributed by atoms with E-state index in [9.17, 15) is 14.7 Å². The summed E-state index contributed by atoms with van der Waals surface area (Å²) >= 11 is 0. The van der Waals surface area contributed by atoms with Crippen molar-refractivity contribution in [1.29, 1.82) is 0 Å². The number of rotatable bonds is 6. The van der Waals surface area contributed by atoms with Crippen LogP contribution in [0, 0.1) is 6.92 Å². The second-order valence-corrected chi connectivity index (χ2v) is 6.94. The van der Waals surface area contributed by atoms with E-state index in [0.717, 1.165) is 5.56 Å². The van der Waals surface area contributed by atoms with Crippen LogP contribution in [0.25, 0.3) is 5.76 Å². The fourth-order valence-electron chi connectivity index (χ4n) is 3.72. The quantitative estimate of drug-likeness (QED) is 0.457. The first-order valence-electron chi connectivity index (χ1n) is 9.50. The monoisotopic (exact) mass is 395 g/mol. The van der Waals surface area contributed by atoms with E-state index in [0.29, 0.717) is 35.6 Å². The number of carbonyl (C=O) groups is 2. The highest BCUT2D eigenvalue weighted by molar-refractivity contribution is 6.46. The van der Waals surface area contributed by atoms with Gasteiger partial charge in [0, 0.05) is 12.1 Å². The van der Waals surface area contributed by atoms with E-state index in [1.54, 1.807) is 24.3 Å². The van der Waals surface area contributed by atoms with Crippen LogP contribution in [0.2, 0.25) is 0 Å². The molecule has 0 bridgehead atoms. The van der Waals surface area contributed by atoms with Gasteiger partial charge in [0.25, 0.3) is 11.7 Å². The van der Waals surface area contributed by atoms with E-state index < -0.39 is 17.7 Å². The SMILES string of the molecule is CCCN1C(=O)C(=O)/C(=C(/O)c2cc(C)ccc2OC)C1c1ccccc1OC. The van der Waals surface area contributed by atoms with Gasteiger partial charge >= 0.3 is 0 Å². The minimum Gasteiger partial charge on any atom is -0.507 e. The van der Waals surface area contributed by atoms with Crippen molar-refractivity contribution < 1.29 is 24.2 Å².